The zero-order valence-electron chi connectivity index (χ0n) is 6.85. The van der Waals surface area contributed by atoms with Crippen LogP contribution in [0.15, 0.2) is 22.7 Å². The summed E-state index contributed by atoms with van der Waals surface area (Å²) >= 11 is 2.84. The highest BCUT2D eigenvalue weighted by molar-refractivity contribution is 9.10. The van der Waals surface area contributed by atoms with Crippen LogP contribution in [0.5, 0.6) is 5.75 Å². The van der Waals surface area contributed by atoms with E-state index in [9.17, 15) is 13.2 Å². The standard InChI is InChI=1S/C8H7BrF3NO/c9-6-4(2-1-3-5(6)14)7(13)8(10,11)12/h1-3,7,14H,13H2/t7-/m1/s1. The van der Waals surface area contributed by atoms with E-state index in [0.717, 1.165) is 0 Å². The van der Waals surface area contributed by atoms with Gasteiger partial charge in [-0.1, -0.05) is 12.1 Å². The van der Waals surface area contributed by atoms with Crippen LogP contribution in [-0.2, 0) is 0 Å². The molecule has 1 rings (SSSR count). The number of alkyl halides is 3. The predicted octanol–water partition coefficient (Wildman–Crippen LogP) is 2.72. The summed E-state index contributed by atoms with van der Waals surface area (Å²) in [6, 6.07) is 1.70. The van der Waals surface area contributed by atoms with Crippen molar-refractivity contribution < 1.29 is 18.3 Å². The zero-order chi connectivity index (χ0) is 10.9. The Balaban J connectivity index is 3.14. The van der Waals surface area contributed by atoms with Crippen molar-refractivity contribution in [3.8, 4) is 5.75 Å². The maximum atomic E-state index is 12.2. The van der Waals surface area contributed by atoms with Gasteiger partial charge in [0.2, 0.25) is 0 Å². The van der Waals surface area contributed by atoms with Crippen LogP contribution in [0.25, 0.3) is 0 Å². The van der Waals surface area contributed by atoms with Crippen molar-refractivity contribution in [3.63, 3.8) is 0 Å². The highest BCUT2D eigenvalue weighted by Gasteiger charge is 2.39. The van der Waals surface area contributed by atoms with Gasteiger partial charge in [0.25, 0.3) is 0 Å². The fourth-order valence-electron chi connectivity index (χ4n) is 0.954. The van der Waals surface area contributed by atoms with E-state index < -0.39 is 12.2 Å². The molecule has 2 nitrogen and oxygen atoms in total. The molecule has 3 N–H and O–H groups in total. The Bertz CT molecular complexity index is 340. The molecule has 0 aromatic heterocycles. The molecule has 0 amide bonds. The van der Waals surface area contributed by atoms with Gasteiger partial charge in [0.15, 0.2) is 0 Å². The van der Waals surface area contributed by atoms with E-state index in [-0.39, 0.29) is 15.8 Å². The van der Waals surface area contributed by atoms with Crippen LogP contribution in [0, 0.1) is 0 Å². The first-order valence-electron chi connectivity index (χ1n) is 3.63. The number of phenols is 1. The number of nitrogens with two attached hydrogens (primary N) is 1. The number of aromatic hydroxyl groups is 1. The highest BCUT2D eigenvalue weighted by Crippen LogP contribution is 2.37. The monoisotopic (exact) mass is 269 g/mol. The molecule has 0 fully saturated rings. The topological polar surface area (TPSA) is 46.2 Å². The average Bonchev–Trinajstić information content (AvgIpc) is 2.07. The number of hydrogen-bond acceptors (Lipinski definition) is 2. The Morgan fingerprint density at radius 1 is 1.36 bits per heavy atom. The molecule has 0 unspecified atom stereocenters. The van der Waals surface area contributed by atoms with Gasteiger partial charge in [-0.05, 0) is 27.6 Å². The minimum Gasteiger partial charge on any atom is -0.507 e. The summed E-state index contributed by atoms with van der Waals surface area (Å²) in [5.74, 6) is -0.262. The van der Waals surface area contributed by atoms with E-state index in [1.54, 1.807) is 0 Å². The number of benzene rings is 1. The van der Waals surface area contributed by atoms with Crippen molar-refractivity contribution in [2.24, 2.45) is 5.73 Å². The van der Waals surface area contributed by atoms with Crippen molar-refractivity contribution in [1.82, 2.24) is 0 Å². The second-order valence-electron chi connectivity index (χ2n) is 2.70. The van der Waals surface area contributed by atoms with E-state index in [2.05, 4.69) is 15.9 Å². The third-order valence-corrected chi connectivity index (χ3v) is 2.56. The molecule has 0 saturated heterocycles. The van der Waals surface area contributed by atoms with E-state index in [1.807, 2.05) is 0 Å². The Labute approximate surface area is 86.7 Å². The molecule has 0 aliphatic heterocycles. The van der Waals surface area contributed by atoms with Gasteiger partial charge in [-0.2, -0.15) is 13.2 Å². The second kappa shape index (κ2) is 3.78. The number of phenolic OH excluding ortho intramolecular Hbond substituents is 1. The molecular formula is C8H7BrF3NO. The summed E-state index contributed by atoms with van der Waals surface area (Å²) in [4.78, 5) is 0. The molecule has 1 atom stereocenters. The van der Waals surface area contributed by atoms with Crippen LogP contribution in [0.2, 0.25) is 0 Å². The van der Waals surface area contributed by atoms with Crippen molar-refractivity contribution in [2.45, 2.75) is 12.2 Å². The summed E-state index contributed by atoms with van der Waals surface area (Å²) in [6.07, 6.45) is -4.52. The van der Waals surface area contributed by atoms with Gasteiger partial charge in [0.05, 0.1) is 4.47 Å². The van der Waals surface area contributed by atoms with E-state index in [1.165, 1.54) is 18.2 Å². The first kappa shape index (κ1) is 11.3. The zero-order valence-corrected chi connectivity index (χ0v) is 8.43. The molecule has 0 heterocycles. The van der Waals surface area contributed by atoms with E-state index in [4.69, 9.17) is 10.8 Å². The molecule has 0 aliphatic carbocycles. The van der Waals surface area contributed by atoms with Gasteiger partial charge in [0, 0.05) is 0 Å². The van der Waals surface area contributed by atoms with Crippen molar-refractivity contribution in [2.75, 3.05) is 0 Å². The lowest BCUT2D eigenvalue weighted by Gasteiger charge is -2.17. The lowest BCUT2D eigenvalue weighted by Crippen LogP contribution is -2.28. The Hall–Kier alpha value is -0.750. The number of hydrogen-bond donors (Lipinski definition) is 2. The fraction of sp³-hybridized carbons (Fsp3) is 0.250. The molecule has 78 valence electrons. The largest absolute Gasteiger partial charge is 0.507 e. The van der Waals surface area contributed by atoms with Crippen LogP contribution in [0.4, 0.5) is 13.2 Å². The fourth-order valence-corrected chi connectivity index (χ4v) is 1.46. The van der Waals surface area contributed by atoms with E-state index in [0.29, 0.717) is 0 Å². The highest BCUT2D eigenvalue weighted by atomic mass is 79.9. The molecule has 0 spiro atoms. The lowest BCUT2D eigenvalue weighted by atomic mass is 10.1. The van der Waals surface area contributed by atoms with Gasteiger partial charge in [0.1, 0.15) is 11.8 Å². The van der Waals surface area contributed by atoms with Crippen LogP contribution < -0.4 is 5.73 Å². The number of rotatable bonds is 1. The molecule has 0 radical (unpaired) electrons. The van der Waals surface area contributed by atoms with Crippen molar-refractivity contribution in [1.29, 1.82) is 0 Å². The van der Waals surface area contributed by atoms with Crippen molar-refractivity contribution >= 4 is 15.9 Å². The average molecular weight is 270 g/mol. The minimum atomic E-state index is -4.52. The van der Waals surface area contributed by atoms with E-state index >= 15 is 0 Å². The summed E-state index contributed by atoms with van der Waals surface area (Å²) in [5.41, 5.74) is 4.79. The third kappa shape index (κ3) is 2.19. The van der Waals surface area contributed by atoms with Crippen LogP contribution >= 0.6 is 15.9 Å². The quantitative estimate of drug-likeness (QED) is 0.824. The molecule has 0 aliphatic rings. The Kier molecular flexibility index (Phi) is 3.06. The smallest absolute Gasteiger partial charge is 0.407 e. The Morgan fingerprint density at radius 3 is 2.43 bits per heavy atom. The number of halogens is 4. The summed E-state index contributed by atoms with van der Waals surface area (Å²) in [5, 5.41) is 9.14. The molecule has 1 aromatic rings. The normalized spacial score (nSPS) is 14.1. The first-order chi connectivity index (χ1) is 6.34. The third-order valence-electron chi connectivity index (χ3n) is 1.70. The summed E-state index contributed by atoms with van der Waals surface area (Å²) in [6.45, 7) is 0. The van der Waals surface area contributed by atoms with Crippen LogP contribution in [0.1, 0.15) is 11.6 Å². The molecule has 6 heteroatoms. The lowest BCUT2D eigenvalue weighted by molar-refractivity contribution is -0.149. The summed E-state index contributed by atoms with van der Waals surface area (Å²) in [7, 11) is 0. The SMILES string of the molecule is N[C@H](c1cccc(O)c1Br)C(F)(F)F. The van der Waals surface area contributed by atoms with Gasteiger partial charge < -0.3 is 10.8 Å². The van der Waals surface area contributed by atoms with Gasteiger partial charge in [-0.25, -0.2) is 0 Å². The van der Waals surface area contributed by atoms with Crippen LogP contribution in [-0.4, -0.2) is 11.3 Å². The molecule has 0 bridgehead atoms. The molecule has 14 heavy (non-hydrogen) atoms. The van der Waals surface area contributed by atoms with Gasteiger partial charge >= 0.3 is 6.18 Å². The molecule has 0 saturated carbocycles. The summed E-state index contributed by atoms with van der Waals surface area (Å²) < 4.78 is 36.6. The Morgan fingerprint density at radius 2 is 1.93 bits per heavy atom. The first-order valence-corrected chi connectivity index (χ1v) is 4.43. The van der Waals surface area contributed by atoms with Crippen LogP contribution in [0.3, 0.4) is 0 Å². The molecule has 1 aromatic carbocycles. The van der Waals surface area contributed by atoms with Gasteiger partial charge in [-0.15, -0.1) is 0 Å². The maximum Gasteiger partial charge on any atom is 0.407 e. The second-order valence-corrected chi connectivity index (χ2v) is 3.49. The van der Waals surface area contributed by atoms with Crippen molar-refractivity contribution in [3.05, 3.63) is 28.2 Å². The molecular weight excluding hydrogens is 263 g/mol. The predicted molar refractivity (Wildman–Crippen MR) is 48.8 cm³/mol. The maximum absolute atomic E-state index is 12.2. The minimum absolute atomic E-state index is 0.0233. The van der Waals surface area contributed by atoms with Gasteiger partial charge in [-0.3, -0.25) is 0 Å².